The third-order valence-electron chi connectivity index (χ3n) is 7.04. The number of benzene rings is 2. The minimum absolute atomic E-state index is 0. The van der Waals surface area contributed by atoms with Gasteiger partial charge in [-0.25, -0.2) is 4.98 Å². The molecule has 1 aliphatic carbocycles. The van der Waals surface area contributed by atoms with Gasteiger partial charge in [-0.05, 0) is 62.3 Å². The van der Waals surface area contributed by atoms with Crippen molar-refractivity contribution in [2.24, 2.45) is 5.92 Å². The van der Waals surface area contributed by atoms with Crippen molar-refractivity contribution in [1.82, 2.24) is 20.2 Å². The Labute approximate surface area is 227 Å². The van der Waals surface area contributed by atoms with E-state index >= 15 is 0 Å². The Morgan fingerprint density at radius 1 is 1.13 bits per heavy atom. The van der Waals surface area contributed by atoms with Gasteiger partial charge in [-0.2, -0.15) is 0 Å². The highest BCUT2D eigenvalue weighted by Gasteiger charge is 2.48. The van der Waals surface area contributed by atoms with Gasteiger partial charge in [0.25, 0.3) is 0 Å². The summed E-state index contributed by atoms with van der Waals surface area (Å²) < 4.78 is 11.3. The van der Waals surface area contributed by atoms with Crippen LogP contribution in [0.1, 0.15) is 44.5 Å². The van der Waals surface area contributed by atoms with Gasteiger partial charge in [0.2, 0.25) is 11.8 Å². The molecule has 2 N–H and O–H groups in total. The SMILES string of the molecule is COc1ccc(C)cc1.Cc1ccccc1C1(OCC2CC2)CN(C(=O)CNC(=O)CCc2cnc[nH]2)C1.[HH].[HH]. The first-order chi connectivity index (χ1) is 18.4. The molecule has 8 heteroatoms. The number of amides is 2. The maximum absolute atomic E-state index is 12.6. The summed E-state index contributed by atoms with van der Waals surface area (Å²) in [5, 5.41) is 2.73. The molecule has 0 atom stereocenters. The van der Waals surface area contributed by atoms with E-state index in [-0.39, 0.29) is 21.2 Å². The number of hydrogen-bond donors (Lipinski definition) is 2. The second kappa shape index (κ2) is 12.7. The topological polar surface area (TPSA) is 96.6 Å². The average molecular weight is 523 g/mol. The monoisotopic (exact) mass is 522 g/mol. The summed E-state index contributed by atoms with van der Waals surface area (Å²) in [5.41, 5.74) is 4.09. The van der Waals surface area contributed by atoms with Crippen molar-refractivity contribution in [1.29, 1.82) is 0 Å². The van der Waals surface area contributed by atoms with Gasteiger partial charge in [0.15, 0.2) is 0 Å². The molecule has 2 fully saturated rings. The number of likely N-dealkylation sites (tertiary alicyclic amines) is 1. The Balaban J connectivity index is 0.000000437. The molecule has 1 saturated heterocycles. The lowest BCUT2D eigenvalue weighted by molar-refractivity contribution is -0.173. The minimum Gasteiger partial charge on any atom is -0.497 e. The fraction of sp³-hybridized carbons (Fsp3) is 0.433. The van der Waals surface area contributed by atoms with Crippen LogP contribution in [0.25, 0.3) is 0 Å². The highest BCUT2D eigenvalue weighted by atomic mass is 16.5. The molecule has 38 heavy (non-hydrogen) atoms. The van der Waals surface area contributed by atoms with E-state index < -0.39 is 5.60 Å². The Hall–Kier alpha value is -3.65. The molecule has 0 spiro atoms. The van der Waals surface area contributed by atoms with E-state index in [4.69, 9.17) is 9.47 Å². The van der Waals surface area contributed by atoms with Crippen LogP contribution in [0.15, 0.2) is 61.1 Å². The molecule has 5 rings (SSSR count). The second-order valence-electron chi connectivity index (χ2n) is 10.2. The Bertz CT molecular complexity index is 1190. The number of carbonyl (C=O) groups is 2. The van der Waals surface area contributed by atoms with Crippen LogP contribution in [0.4, 0.5) is 0 Å². The van der Waals surface area contributed by atoms with Gasteiger partial charge in [0.1, 0.15) is 11.4 Å². The number of imidazole rings is 1. The zero-order chi connectivity index (χ0) is 27.0. The zero-order valence-electron chi connectivity index (χ0n) is 22.5. The molecule has 1 aromatic heterocycles. The third kappa shape index (κ3) is 7.44. The van der Waals surface area contributed by atoms with Crippen molar-refractivity contribution in [2.45, 2.75) is 45.1 Å². The summed E-state index contributed by atoms with van der Waals surface area (Å²) in [6.07, 6.45) is 6.66. The summed E-state index contributed by atoms with van der Waals surface area (Å²) in [6, 6.07) is 16.2. The standard InChI is InChI=1S/C22H28N4O3.C8H10O.2H2/c1-16-4-2-3-5-19(16)22(29-12-17-6-7-17)13-26(14-22)21(28)11-24-20(27)9-8-18-10-23-15-25-18;1-7-3-5-8(9-2)6-4-7;;/h2-5,10,15,17H,6-9,11-14H2,1H3,(H,23,25)(H,24,27);3-6H,1-2H3;2*1H. The largest absolute Gasteiger partial charge is 0.497 e. The maximum atomic E-state index is 12.6. The van der Waals surface area contributed by atoms with E-state index in [0.717, 1.165) is 23.6 Å². The Morgan fingerprint density at radius 2 is 1.87 bits per heavy atom. The fourth-order valence-corrected chi connectivity index (χ4v) is 4.45. The molecule has 0 radical (unpaired) electrons. The Kier molecular flexibility index (Phi) is 9.18. The number of aryl methyl sites for hydroxylation is 3. The molecule has 206 valence electrons. The van der Waals surface area contributed by atoms with Crippen molar-refractivity contribution in [2.75, 3.05) is 33.4 Å². The van der Waals surface area contributed by atoms with E-state index in [2.05, 4.69) is 41.3 Å². The highest BCUT2D eigenvalue weighted by molar-refractivity contribution is 5.85. The van der Waals surface area contributed by atoms with Crippen LogP contribution in [-0.4, -0.2) is 60.0 Å². The third-order valence-corrected chi connectivity index (χ3v) is 7.04. The van der Waals surface area contributed by atoms with Crippen LogP contribution in [-0.2, 0) is 26.3 Å². The van der Waals surface area contributed by atoms with Gasteiger partial charge in [0.05, 0.1) is 39.7 Å². The smallest absolute Gasteiger partial charge is 0.242 e. The average Bonchev–Trinajstić information content (AvgIpc) is 3.59. The number of nitrogens with zero attached hydrogens (tertiary/aromatic N) is 2. The van der Waals surface area contributed by atoms with Crippen LogP contribution >= 0.6 is 0 Å². The Morgan fingerprint density at radius 3 is 2.50 bits per heavy atom. The van der Waals surface area contributed by atoms with Gasteiger partial charge in [-0.15, -0.1) is 0 Å². The molecule has 8 nitrogen and oxygen atoms in total. The summed E-state index contributed by atoms with van der Waals surface area (Å²) in [7, 11) is 1.67. The first-order valence-electron chi connectivity index (χ1n) is 13.2. The maximum Gasteiger partial charge on any atom is 0.242 e. The number of H-pyrrole nitrogens is 1. The van der Waals surface area contributed by atoms with Crippen molar-refractivity contribution in [3.05, 3.63) is 83.4 Å². The number of aromatic nitrogens is 2. The first-order valence-corrected chi connectivity index (χ1v) is 13.2. The van der Waals surface area contributed by atoms with E-state index in [9.17, 15) is 9.59 Å². The number of methoxy groups -OCH3 is 1. The van der Waals surface area contributed by atoms with Crippen molar-refractivity contribution >= 4 is 11.8 Å². The number of rotatable bonds is 10. The molecule has 2 heterocycles. The first kappa shape index (κ1) is 27.4. The molecule has 2 aromatic carbocycles. The number of hydrogen-bond acceptors (Lipinski definition) is 5. The quantitative estimate of drug-likeness (QED) is 0.411. The number of carbonyl (C=O) groups excluding carboxylic acids is 2. The predicted octanol–water partition coefficient (Wildman–Crippen LogP) is 4.43. The molecule has 1 aliphatic heterocycles. The van der Waals surface area contributed by atoms with E-state index in [0.29, 0.717) is 31.8 Å². The fourth-order valence-electron chi connectivity index (χ4n) is 4.45. The summed E-state index contributed by atoms with van der Waals surface area (Å²) in [4.78, 5) is 33.2. The van der Waals surface area contributed by atoms with Crippen molar-refractivity contribution < 1.29 is 21.9 Å². The van der Waals surface area contributed by atoms with E-state index in [1.165, 1.54) is 24.0 Å². The van der Waals surface area contributed by atoms with Gasteiger partial charge < -0.3 is 24.7 Å². The van der Waals surface area contributed by atoms with E-state index in [1.807, 2.05) is 36.4 Å². The van der Waals surface area contributed by atoms with Crippen LogP contribution < -0.4 is 10.1 Å². The van der Waals surface area contributed by atoms with Crippen LogP contribution in [0, 0.1) is 19.8 Å². The van der Waals surface area contributed by atoms with Gasteiger partial charge in [0, 0.05) is 21.2 Å². The van der Waals surface area contributed by atoms with Crippen LogP contribution in [0.5, 0.6) is 5.75 Å². The number of nitrogens with one attached hydrogen (secondary N) is 2. The van der Waals surface area contributed by atoms with Crippen molar-refractivity contribution in [3.8, 4) is 5.75 Å². The molecular weight excluding hydrogens is 480 g/mol. The molecular formula is C30H42N4O4. The lowest BCUT2D eigenvalue weighted by atomic mass is 9.83. The number of aromatic amines is 1. The lowest BCUT2D eigenvalue weighted by Crippen LogP contribution is -2.64. The van der Waals surface area contributed by atoms with Gasteiger partial charge in [-0.1, -0.05) is 42.0 Å². The minimum atomic E-state index is -0.422. The second-order valence-corrected chi connectivity index (χ2v) is 10.2. The molecule has 0 unspecified atom stereocenters. The lowest BCUT2D eigenvalue weighted by Gasteiger charge is -2.50. The highest BCUT2D eigenvalue weighted by Crippen LogP contribution is 2.40. The normalized spacial score (nSPS) is 15.6. The van der Waals surface area contributed by atoms with Gasteiger partial charge in [-0.3, -0.25) is 9.59 Å². The summed E-state index contributed by atoms with van der Waals surface area (Å²) >= 11 is 0. The van der Waals surface area contributed by atoms with E-state index in [1.54, 1.807) is 24.5 Å². The molecule has 1 saturated carbocycles. The molecule has 3 aromatic rings. The number of ether oxygens (including phenoxy) is 2. The van der Waals surface area contributed by atoms with Crippen LogP contribution in [0.2, 0.25) is 0 Å². The zero-order valence-corrected chi connectivity index (χ0v) is 22.5. The summed E-state index contributed by atoms with van der Waals surface area (Å²) in [6.45, 7) is 5.98. The van der Waals surface area contributed by atoms with Gasteiger partial charge >= 0.3 is 0 Å². The molecule has 2 amide bonds. The molecule has 0 bridgehead atoms. The molecule has 2 aliphatic rings. The van der Waals surface area contributed by atoms with Crippen molar-refractivity contribution in [3.63, 3.8) is 0 Å². The predicted molar refractivity (Wildman–Crippen MR) is 150 cm³/mol. The van der Waals surface area contributed by atoms with Crippen LogP contribution in [0.3, 0.4) is 0 Å². The summed E-state index contributed by atoms with van der Waals surface area (Å²) in [5.74, 6) is 1.37.